The van der Waals surface area contributed by atoms with Crippen LogP contribution >= 0.6 is 0 Å². The van der Waals surface area contributed by atoms with Crippen LogP contribution in [-0.4, -0.2) is 26.7 Å². The summed E-state index contributed by atoms with van der Waals surface area (Å²) >= 11 is 0. The van der Waals surface area contributed by atoms with Gasteiger partial charge < -0.3 is 14.8 Å². The Bertz CT molecular complexity index is 767. The number of carbonyl (C=O) groups is 1. The molecule has 2 aromatic carbocycles. The van der Waals surface area contributed by atoms with E-state index < -0.39 is 0 Å². The molecule has 0 spiro atoms. The first-order chi connectivity index (χ1) is 12.6. The summed E-state index contributed by atoms with van der Waals surface area (Å²) in [6.45, 7) is 0.814. The van der Waals surface area contributed by atoms with Gasteiger partial charge in [-0.3, -0.25) is 10.2 Å². The number of para-hydroxylation sites is 1. The van der Waals surface area contributed by atoms with Crippen molar-refractivity contribution in [1.82, 2.24) is 16.2 Å². The molecule has 3 N–H and O–H groups in total. The zero-order chi connectivity index (χ0) is 18.5. The fourth-order valence-electron chi connectivity index (χ4n) is 3.13. The predicted molar refractivity (Wildman–Crippen MR) is 95.2 cm³/mol. The number of rotatable bonds is 6. The topological polar surface area (TPSA) is 71.6 Å². The Kier molecular flexibility index (Phi) is 5.70. The molecular formula is C19H22FN3O3. The second-order valence-corrected chi connectivity index (χ2v) is 6.03. The van der Waals surface area contributed by atoms with E-state index in [0.717, 1.165) is 11.1 Å². The Balaban J connectivity index is 1.69. The summed E-state index contributed by atoms with van der Waals surface area (Å²) in [5.74, 6) is 0.519. The van der Waals surface area contributed by atoms with Crippen LogP contribution in [0.5, 0.6) is 11.5 Å². The van der Waals surface area contributed by atoms with Gasteiger partial charge in [-0.05, 0) is 23.8 Å². The molecule has 138 valence electrons. The fraction of sp³-hybridized carbons (Fsp3) is 0.316. The van der Waals surface area contributed by atoms with E-state index in [2.05, 4.69) is 16.2 Å². The van der Waals surface area contributed by atoms with E-state index in [1.165, 1.54) is 12.1 Å². The van der Waals surface area contributed by atoms with Crippen LogP contribution in [0.15, 0.2) is 42.5 Å². The first-order valence-corrected chi connectivity index (χ1v) is 8.35. The number of ether oxygens (including phenoxy) is 2. The van der Waals surface area contributed by atoms with Crippen molar-refractivity contribution in [1.29, 1.82) is 0 Å². The zero-order valence-corrected chi connectivity index (χ0v) is 14.7. The molecular weight excluding hydrogens is 337 g/mol. The van der Waals surface area contributed by atoms with Gasteiger partial charge in [-0.1, -0.05) is 24.3 Å². The Morgan fingerprint density at radius 2 is 1.96 bits per heavy atom. The summed E-state index contributed by atoms with van der Waals surface area (Å²) in [4.78, 5) is 12.7. The Morgan fingerprint density at radius 1 is 1.19 bits per heavy atom. The molecule has 1 aliphatic heterocycles. The number of methoxy groups -OCH3 is 2. The summed E-state index contributed by atoms with van der Waals surface area (Å²) in [5.41, 5.74) is 7.78. The van der Waals surface area contributed by atoms with Crippen LogP contribution in [0, 0.1) is 11.7 Å². The van der Waals surface area contributed by atoms with Crippen molar-refractivity contribution in [2.45, 2.75) is 12.6 Å². The maximum atomic E-state index is 13.1. The van der Waals surface area contributed by atoms with Gasteiger partial charge in [-0.25, -0.2) is 9.82 Å². The predicted octanol–water partition coefficient (Wildman–Crippen LogP) is 1.92. The van der Waals surface area contributed by atoms with E-state index >= 15 is 0 Å². The lowest BCUT2D eigenvalue weighted by Crippen LogP contribution is -2.34. The lowest BCUT2D eigenvalue weighted by atomic mass is 9.94. The summed E-state index contributed by atoms with van der Waals surface area (Å²) in [5, 5.41) is 2.95. The molecule has 0 aliphatic carbocycles. The second kappa shape index (κ2) is 8.16. The molecule has 1 saturated heterocycles. The van der Waals surface area contributed by atoms with Gasteiger partial charge in [0.15, 0.2) is 11.5 Å². The Hall–Kier alpha value is -2.64. The van der Waals surface area contributed by atoms with E-state index in [4.69, 9.17) is 9.47 Å². The average molecular weight is 359 g/mol. The molecule has 0 saturated carbocycles. The van der Waals surface area contributed by atoms with E-state index in [0.29, 0.717) is 24.6 Å². The van der Waals surface area contributed by atoms with Crippen LogP contribution in [0.3, 0.4) is 0 Å². The number of carbonyl (C=O) groups excluding carboxylic acids is 1. The smallest absolute Gasteiger partial charge is 0.226 e. The summed E-state index contributed by atoms with van der Waals surface area (Å²) in [6, 6.07) is 11.5. The molecule has 1 aliphatic rings. The van der Waals surface area contributed by atoms with Crippen molar-refractivity contribution in [3.63, 3.8) is 0 Å². The maximum absolute atomic E-state index is 13.1. The number of amides is 1. The van der Waals surface area contributed by atoms with Crippen molar-refractivity contribution in [2.24, 2.45) is 5.92 Å². The summed E-state index contributed by atoms with van der Waals surface area (Å²) < 4.78 is 23.8. The molecule has 3 rings (SSSR count). The van der Waals surface area contributed by atoms with E-state index in [1.54, 1.807) is 32.4 Å². The highest BCUT2D eigenvalue weighted by atomic mass is 19.1. The highest BCUT2D eigenvalue weighted by Crippen LogP contribution is 2.31. The van der Waals surface area contributed by atoms with Gasteiger partial charge in [0, 0.05) is 18.7 Å². The van der Waals surface area contributed by atoms with Gasteiger partial charge in [-0.15, -0.1) is 0 Å². The first kappa shape index (κ1) is 18.2. The molecule has 2 unspecified atom stereocenters. The van der Waals surface area contributed by atoms with Crippen molar-refractivity contribution in [3.05, 3.63) is 59.4 Å². The quantitative estimate of drug-likeness (QED) is 0.735. The third-order valence-corrected chi connectivity index (χ3v) is 4.49. The summed E-state index contributed by atoms with van der Waals surface area (Å²) in [6.07, 6.45) is 0. The van der Waals surface area contributed by atoms with Crippen LogP contribution in [0.25, 0.3) is 0 Å². The van der Waals surface area contributed by atoms with Crippen molar-refractivity contribution in [3.8, 4) is 11.5 Å². The van der Waals surface area contributed by atoms with Gasteiger partial charge in [0.1, 0.15) is 5.82 Å². The molecule has 7 heteroatoms. The highest BCUT2D eigenvalue weighted by molar-refractivity contribution is 5.80. The Labute approximate surface area is 151 Å². The van der Waals surface area contributed by atoms with Crippen molar-refractivity contribution < 1.29 is 18.7 Å². The molecule has 0 bridgehead atoms. The molecule has 0 aromatic heterocycles. The minimum atomic E-state index is -0.308. The average Bonchev–Trinajstić information content (AvgIpc) is 3.16. The SMILES string of the molecule is COc1cccc(CNC(=O)C2CNNC2c2ccc(F)cc2)c1OC. The molecule has 0 radical (unpaired) electrons. The van der Waals surface area contributed by atoms with Crippen LogP contribution < -0.4 is 25.6 Å². The third-order valence-electron chi connectivity index (χ3n) is 4.49. The van der Waals surface area contributed by atoms with Crippen LogP contribution in [-0.2, 0) is 11.3 Å². The summed E-state index contributed by atoms with van der Waals surface area (Å²) in [7, 11) is 3.14. The molecule has 2 aromatic rings. The van der Waals surface area contributed by atoms with Gasteiger partial charge in [0.05, 0.1) is 26.2 Å². The highest BCUT2D eigenvalue weighted by Gasteiger charge is 2.33. The molecule has 26 heavy (non-hydrogen) atoms. The van der Waals surface area contributed by atoms with Gasteiger partial charge in [0.25, 0.3) is 0 Å². The Morgan fingerprint density at radius 3 is 2.65 bits per heavy atom. The first-order valence-electron chi connectivity index (χ1n) is 8.35. The molecule has 1 amide bonds. The van der Waals surface area contributed by atoms with Crippen LogP contribution in [0.2, 0.25) is 0 Å². The maximum Gasteiger partial charge on any atom is 0.226 e. The monoisotopic (exact) mass is 359 g/mol. The number of hydrogen-bond donors (Lipinski definition) is 3. The van der Waals surface area contributed by atoms with Crippen LogP contribution in [0.1, 0.15) is 17.2 Å². The van der Waals surface area contributed by atoms with Crippen molar-refractivity contribution >= 4 is 5.91 Å². The van der Waals surface area contributed by atoms with Crippen LogP contribution in [0.4, 0.5) is 4.39 Å². The van der Waals surface area contributed by atoms with E-state index in [9.17, 15) is 9.18 Å². The third kappa shape index (κ3) is 3.79. The minimum absolute atomic E-state index is 0.0957. The molecule has 6 nitrogen and oxygen atoms in total. The lowest BCUT2D eigenvalue weighted by molar-refractivity contribution is -0.125. The number of benzene rings is 2. The number of hydrazine groups is 1. The normalized spacial score (nSPS) is 19.2. The standard InChI is InChI=1S/C19H22FN3O3/c1-25-16-5-3-4-13(18(16)26-2)10-21-19(24)15-11-22-23-17(15)12-6-8-14(20)9-7-12/h3-9,15,17,22-23H,10-11H2,1-2H3,(H,21,24). The van der Waals surface area contributed by atoms with E-state index in [-0.39, 0.29) is 23.7 Å². The molecule has 1 heterocycles. The largest absolute Gasteiger partial charge is 0.493 e. The zero-order valence-electron chi connectivity index (χ0n) is 14.7. The fourth-order valence-corrected chi connectivity index (χ4v) is 3.13. The van der Waals surface area contributed by atoms with Gasteiger partial charge >= 0.3 is 0 Å². The molecule has 1 fully saturated rings. The minimum Gasteiger partial charge on any atom is -0.493 e. The number of nitrogens with one attached hydrogen (secondary N) is 3. The number of halogens is 1. The lowest BCUT2D eigenvalue weighted by Gasteiger charge is -2.19. The van der Waals surface area contributed by atoms with Gasteiger partial charge in [-0.2, -0.15) is 0 Å². The molecule has 2 atom stereocenters. The van der Waals surface area contributed by atoms with Gasteiger partial charge in [0.2, 0.25) is 5.91 Å². The van der Waals surface area contributed by atoms with Crippen molar-refractivity contribution in [2.75, 3.05) is 20.8 Å². The van der Waals surface area contributed by atoms with E-state index in [1.807, 2.05) is 12.1 Å². The second-order valence-electron chi connectivity index (χ2n) is 6.03. The number of hydrogen-bond acceptors (Lipinski definition) is 5.